The van der Waals surface area contributed by atoms with Crippen LogP contribution in [0.4, 0.5) is 5.69 Å². The molecule has 0 aliphatic rings. The first-order valence-electron chi connectivity index (χ1n) is 4.43. The number of anilines is 1. The van der Waals surface area contributed by atoms with Crippen LogP contribution in [0, 0.1) is 0 Å². The summed E-state index contributed by atoms with van der Waals surface area (Å²) < 4.78 is 0. The quantitative estimate of drug-likeness (QED) is 0.859. The molecular weight excluding hydrogens is 235 g/mol. The van der Waals surface area contributed by atoms with Crippen molar-refractivity contribution in [3.8, 4) is 0 Å². The number of halogens is 2. The molecule has 84 valence electrons. The van der Waals surface area contributed by atoms with Crippen molar-refractivity contribution in [3.05, 3.63) is 29.3 Å². The van der Waals surface area contributed by atoms with Crippen molar-refractivity contribution in [1.82, 2.24) is 5.32 Å². The lowest BCUT2D eigenvalue weighted by Gasteiger charge is -2.06. The van der Waals surface area contributed by atoms with Gasteiger partial charge < -0.3 is 10.6 Å². The van der Waals surface area contributed by atoms with E-state index in [0.29, 0.717) is 23.7 Å². The summed E-state index contributed by atoms with van der Waals surface area (Å²) in [7, 11) is 1.81. The Labute approximate surface area is 101 Å². The zero-order chi connectivity index (χ0) is 10.4. The molecule has 5 heteroatoms. The maximum atomic E-state index is 11.3. The number of amides is 1. The third-order valence-electron chi connectivity index (χ3n) is 1.75. The van der Waals surface area contributed by atoms with Gasteiger partial charge in [0.15, 0.2) is 0 Å². The van der Waals surface area contributed by atoms with E-state index in [2.05, 4.69) is 10.6 Å². The minimum absolute atomic E-state index is 0. The predicted octanol–water partition coefficient (Wildman–Crippen LogP) is 2.31. The molecule has 0 bridgehead atoms. The van der Waals surface area contributed by atoms with E-state index in [1.54, 1.807) is 12.1 Å². The molecule has 0 saturated carbocycles. The van der Waals surface area contributed by atoms with Crippen molar-refractivity contribution in [2.45, 2.75) is 6.42 Å². The van der Waals surface area contributed by atoms with Crippen LogP contribution in [-0.2, 0) is 4.79 Å². The Kier molecular flexibility index (Phi) is 7.13. The van der Waals surface area contributed by atoms with Crippen LogP contribution in [0.1, 0.15) is 6.42 Å². The van der Waals surface area contributed by atoms with Crippen LogP contribution in [0.5, 0.6) is 0 Å². The molecule has 1 aromatic rings. The smallest absolute Gasteiger partial charge is 0.225 e. The first kappa shape index (κ1) is 14.2. The SMILES string of the molecule is CNCCC(=O)Nc1ccccc1Cl.Cl. The molecule has 0 fully saturated rings. The monoisotopic (exact) mass is 248 g/mol. The van der Waals surface area contributed by atoms with Crippen LogP contribution in [0.3, 0.4) is 0 Å². The van der Waals surface area contributed by atoms with Gasteiger partial charge in [0, 0.05) is 13.0 Å². The summed E-state index contributed by atoms with van der Waals surface area (Å²) in [5.74, 6) is -0.0348. The highest BCUT2D eigenvalue weighted by Crippen LogP contribution is 2.20. The Hall–Kier alpha value is -0.770. The minimum Gasteiger partial charge on any atom is -0.325 e. The van der Waals surface area contributed by atoms with Crippen molar-refractivity contribution in [2.24, 2.45) is 0 Å². The molecule has 1 rings (SSSR count). The molecule has 15 heavy (non-hydrogen) atoms. The second-order valence-corrected chi connectivity index (χ2v) is 3.29. The summed E-state index contributed by atoms with van der Waals surface area (Å²) in [4.78, 5) is 11.3. The van der Waals surface area contributed by atoms with Crippen LogP contribution in [-0.4, -0.2) is 19.5 Å². The minimum atomic E-state index is -0.0348. The normalized spacial score (nSPS) is 9.20. The highest BCUT2D eigenvalue weighted by molar-refractivity contribution is 6.33. The number of nitrogens with one attached hydrogen (secondary N) is 2. The van der Waals surface area contributed by atoms with Crippen molar-refractivity contribution >= 4 is 35.6 Å². The standard InChI is InChI=1S/C10H13ClN2O.ClH/c1-12-7-6-10(14)13-9-5-3-2-4-8(9)11;/h2-5,12H,6-7H2,1H3,(H,13,14);1H. The molecule has 2 N–H and O–H groups in total. The van der Waals surface area contributed by atoms with Gasteiger partial charge in [0.25, 0.3) is 0 Å². The van der Waals surface area contributed by atoms with E-state index in [1.165, 1.54) is 0 Å². The van der Waals surface area contributed by atoms with E-state index < -0.39 is 0 Å². The first-order valence-corrected chi connectivity index (χ1v) is 4.81. The number of hydrogen-bond acceptors (Lipinski definition) is 2. The lowest BCUT2D eigenvalue weighted by molar-refractivity contribution is -0.116. The molecule has 0 atom stereocenters. The number of carbonyl (C=O) groups is 1. The first-order chi connectivity index (χ1) is 6.74. The summed E-state index contributed by atoms with van der Waals surface area (Å²) >= 11 is 5.87. The lowest BCUT2D eigenvalue weighted by atomic mass is 10.3. The molecule has 0 aliphatic heterocycles. The van der Waals surface area contributed by atoms with Crippen molar-refractivity contribution in [1.29, 1.82) is 0 Å². The number of para-hydroxylation sites is 1. The molecule has 0 spiro atoms. The molecular formula is C10H14Cl2N2O. The zero-order valence-electron chi connectivity index (χ0n) is 8.42. The van der Waals surface area contributed by atoms with Crippen molar-refractivity contribution < 1.29 is 4.79 Å². The number of rotatable bonds is 4. The van der Waals surface area contributed by atoms with Crippen LogP contribution in [0.15, 0.2) is 24.3 Å². The number of benzene rings is 1. The maximum Gasteiger partial charge on any atom is 0.225 e. The summed E-state index contributed by atoms with van der Waals surface area (Å²) in [6.07, 6.45) is 0.446. The van der Waals surface area contributed by atoms with Crippen LogP contribution in [0.25, 0.3) is 0 Å². The molecule has 0 saturated heterocycles. The summed E-state index contributed by atoms with van der Waals surface area (Å²) in [5.41, 5.74) is 0.662. The zero-order valence-corrected chi connectivity index (χ0v) is 9.99. The van der Waals surface area contributed by atoms with E-state index in [-0.39, 0.29) is 18.3 Å². The fourth-order valence-electron chi connectivity index (χ4n) is 1.01. The van der Waals surface area contributed by atoms with Gasteiger partial charge in [-0.2, -0.15) is 0 Å². The average Bonchev–Trinajstić information content (AvgIpc) is 2.18. The van der Waals surface area contributed by atoms with Crippen molar-refractivity contribution in [2.75, 3.05) is 18.9 Å². The molecule has 0 unspecified atom stereocenters. The summed E-state index contributed by atoms with van der Waals surface area (Å²) in [6.45, 7) is 0.663. The Morgan fingerprint density at radius 2 is 2.07 bits per heavy atom. The highest BCUT2D eigenvalue weighted by Gasteiger charge is 2.03. The maximum absolute atomic E-state index is 11.3. The summed E-state index contributed by atoms with van der Waals surface area (Å²) in [5, 5.41) is 6.20. The highest BCUT2D eigenvalue weighted by atomic mass is 35.5. The van der Waals surface area contributed by atoms with Crippen molar-refractivity contribution in [3.63, 3.8) is 0 Å². The Morgan fingerprint density at radius 3 is 2.67 bits per heavy atom. The van der Waals surface area contributed by atoms with E-state index in [0.717, 1.165) is 0 Å². The van der Waals surface area contributed by atoms with Gasteiger partial charge in [-0.05, 0) is 19.2 Å². The van der Waals surface area contributed by atoms with Gasteiger partial charge in [-0.1, -0.05) is 23.7 Å². The number of carbonyl (C=O) groups excluding carboxylic acids is 1. The third-order valence-corrected chi connectivity index (χ3v) is 2.08. The van der Waals surface area contributed by atoms with Gasteiger partial charge in [-0.25, -0.2) is 0 Å². The van der Waals surface area contributed by atoms with Gasteiger partial charge in [0.1, 0.15) is 0 Å². The van der Waals surface area contributed by atoms with E-state index in [9.17, 15) is 4.79 Å². The van der Waals surface area contributed by atoms with Crippen LogP contribution in [0.2, 0.25) is 5.02 Å². The Balaban J connectivity index is 0.00000196. The van der Waals surface area contributed by atoms with Crippen LogP contribution >= 0.6 is 24.0 Å². The van der Waals surface area contributed by atoms with E-state index in [1.807, 2.05) is 19.2 Å². The molecule has 3 nitrogen and oxygen atoms in total. The van der Waals surface area contributed by atoms with Gasteiger partial charge >= 0.3 is 0 Å². The lowest BCUT2D eigenvalue weighted by Crippen LogP contribution is -2.18. The fraction of sp³-hybridized carbons (Fsp3) is 0.300. The predicted molar refractivity (Wildman–Crippen MR) is 65.9 cm³/mol. The molecule has 0 heterocycles. The average molecular weight is 249 g/mol. The fourth-order valence-corrected chi connectivity index (χ4v) is 1.20. The largest absolute Gasteiger partial charge is 0.325 e. The molecule has 1 aromatic carbocycles. The van der Waals surface area contributed by atoms with Crippen LogP contribution < -0.4 is 10.6 Å². The van der Waals surface area contributed by atoms with Gasteiger partial charge in [-0.3, -0.25) is 4.79 Å². The topological polar surface area (TPSA) is 41.1 Å². The third kappa shape index (κ3) is 5.02. The molecule has 0 aliphatic carbocycles. The molecule has 0 aromatic heterocycles. The second kappa shape index (κ2) is 7.51. The summed E-state index contributed by atoms with van der Waals surface area (Å²) in [6, 6.07) is 7.18. The van der Waals surface area contributed by atoms with Gasteiger partial charge in [0.2, 0.25) is 5.91 Å². The number of hydrogen-bond donors (Lipinski definition) is 2. The second-order valence-electron chi connectivity index (χ2n) is 2.88. The van der Waals surface area contributed by atoms with E-state index in [4.69, 9.17) is 11.6 Å². The van der Waals surface area contributed by atoms with Gasteiger partial charge in [0.05, 0.1) is 10.7 Å². The Morgan fingerprint density at radius 1 is 1.40 bits per heavy atom. The molecule has 0 radical (unpaired) electrons. The van der Waals surface area contributed by atoms with Gasteiger partial charge in [-0.15, -0.1) is 12.4 Å². The van der Waals surface area contributed by atoms with E-state index >= 15 is 0 Å². The molecule has 1 amide bonds. The Bertz CT molecular complexity index is 318.